The zero-order chi connectivity index (χ0) is 20.4. The van der Waals surface area contributed by atoms with Gasteiger partial charge in [-0.1, -0.05) is 31.0 Å². The van der Waals surface area contributed by atoms with Crippen LogP contribution in [0, 0.1) is 11.8 Å². The number of likely N-dealkylation sites (tertiary alicyclic amines) is 1. The van der Waals surface area contributed by atoms with Crippen molar-refractivity contribution in [3.63, 3.8) is 0 Å². The number of hydrogen-bond acceptors (Lipinski definition) is 5. The highest BCUT2D eigenvalue weighted by Gasteiger charge is 2.48. The van der Waals surface area contributed by atoms with Crippen molar-refractivity contribution in [2.24, 2.45) is 11.8 Å². The maximum atomic E-state index is 12.6. The van der Waals surface area contributed by atoms with Gasteiger partial charge in [0.2, 0.25) is 11.8 Å². The summed E-state index contributed by atoms with van der Waals surface area (Å²) in [5.41, 5.74) is 1.15. The second-order valence-electron chi connectivity index (χ2n) is 8.33. The Labute approximate surface area is 171 Å². The summed E-state index contributed by atoms with van der Waals surface area (Å²) in [5, 5.41) is 9.78. The molecule has 2 saturated heterocycles. The fraction of sp³-hybridized carbons (Fsp3) is 0.591. The minimum absolute atomic E-state index is 0.0854. The summed E-state index contributed by atoms with van der Waals surface area (Å²) in [7, 11) is 0. The van der Waals surface area contributed by atoms with E-state index in [1.54, 1.807) is 0 Å². The van der Waals surface area contributed by atoms with E-state index in [0.717, 1.165) is 44.5 Å². The summed E-state index contributed by atoms with van der Waals surface area (Å²) in [5.74, 6) is -1.40. The number of carboxylic acid groups (broad SMARTS) is 1. The fourth-order valence-electron chi connectivity index (χ4n) is 5.10. The van der Waals surface area contributed by atoms with Crippen molar-refractivity contribution in [1.82, 2.24) is 9.80 Å². The molecule has 0 bridgehead atoms. The third kappa shape index (κ3) is 4.01. The molecule has 3 aliphatic rings. The number of piperazine rings is 1. The van der Waals surface area contributed by atoms with Crippen LogP contribution in [0.15, 0.2) is 30.3 Å². The third-order valence-corrected chi connectivity index (χ3v) is 6.72. The van der Waals surface area contributed by atoms with Crippen LogP contribution in [0.5, 0.6) is 0 Å². The van der Waals surface area contributed by atoms with E-state index in [1.807, 2.05) is 23.1 Å². The van der Waals surface area contributed by atoms with Crippen molar-refractivity contribution in [2.45, 2.75) is 38.1 Å². The van der Waals surface area contributed by atoms with Gasteiger partial charge < -0.3 is 10.0 Å². The normalized spacial score (nSPS) is 26.5. The molecular weight excluding hydrogens is 370 g/mol. The molecule has 0 aromatic heterocycles. The number of fused-ring (bicyclic) bond motifs is 1. The first-order valence-corrected chi connectivity index (χ1v) is 10.7. The zero-order valence-electron chi connectivity index (χ0n) is 16.7. The topological polar surface area (TPSA) is 81.2 Å². The van der Waals surface area contributed by atoms with Crippen LogP contribution >= 0.6 is 0 Å². The summed E-state index contributed by atoms with van der Waals surface area (Å²) in [6.07, 6.45) is 3.86. The molecule has 2 aliphatic heterocycles. The summed E-state index contributed by atoms with van der Waals surface area (Å²) in [6.45, 7) is 3.04. The first-order valence-electron chi connectivity index (χ1n) is 10.7. The Morgan fingerprint density at radius 1 is 0.966 bits per heavy atom. The summed E-state index contributed by atoms with van der Waals surface area (Å²) < 4.78 is 0. The number of aliphatic carboxylic acids is 1. The summed E-state index contributed by atoms with van der Waals surface area (Å²) in [4.78, 5) is 42.8. The maximum absolute atomic E-state index is 12.6. The van der Waals surface area contributed by atoms with Crippen LogP contribution in [-0.2, 0) is 14.4 Å². The standard InChI is InChI=1S/C22H29N3O4/c26-20-17-8-4-5-9-18(17)21(27)25(20)11-10-19(22(28)29)24-14-12-23(13-15-24)16-6-2-1-3-7-16/h1-3,6-7,17-19H,4-5,8-15H2,(H,28,29). The van der Waals surface area contributed by atoms with E-state index in [4.69, 9.17) is 0 Å². The van der Waals surface area contributed by atoms with Crippen molar-refractivity contribution in [3.05, 3.63) is 30.3 Å². The molecule has 3 fully saturated rings. The minimum atomic E-state index is -0.880. The van der Waals surface area contributed by atoms with Gasteiger partial charge in [0, 0.05) is 38.4 Å². The van der Waals surface area contributed by atoms with Crippen molar-refractivity contribution >= 4 is 23.5 Å². The highest BCUT2D eigenvalue weighted by molar-refractivity contribution is 6.05. The zero-order valence-corrected chi connectivity index (χ0v) is 16.7. The van der Waals surface area contributed by atoms with Gasteiger partial charge in [-0.3, -0.25) is 24.2 Å². The average molecular weight is 399 g/mol. The van der Waals surface area contributed by atoms with Gasteiger partial charge in [-0.2, -0.15) is 0 Å². The van der Waals surface area contributed by atoms with Crippen LogP contribution in [0.2, 0.25) is 0 Å². The molecule has 1 aromatic carbocycles. The first kappa shape index (κ1) is 19.9. The number of carbonyl (C=O) groups excluding carboxylic acids is 2. The van der Waals surface area contributed by atoms with Crippen LogP contribution in [0.3, 0.4) is 0 Å². The quantitative estimate of drug-likeness (QED) is 0.735. The summed E-state index contributed by atoms with van der Waals surface area (Å²) >= 11 is 0. The molecule has 7 nitrogen and oxygen atoms in total. The number of carboxylic acids is 1. The molecular formula is C22H29N3O4. The molecule has 3 atom stereocenters. The van der Waals surface area contributed by atoms with Gasteiger partial charge in [0.1, 0.15) is 6.04 Å². The highest BCUT2D eigenvalue weighted by atomic mass is 16.4. The molecule has 1 saturated carbocycles. The Kier molecular flexibility index (Phi) is 5.85. The van der Waals surface area contributed by atoms with Crippen LogP contribution in [0.25, 0.3) is 0 Å². The van der Waals surface area contributed by atoms with E-state index in [0.29, 0.717) is 13.1 Å². The largest absolute Gasteiger partial charge is 0.480 e. The molecule has 1 aromatic rings. The van der Waals surface area contributed by atoms with Crippen molar-refractivity contribution in [1.29, 1.82) is 0 Å². The van der Waals surface area contributed by atoms with Gasteiger partial charge in [-0.15, -0.1) is 0 Å². The summed E-state index contributed by atoms with van der Waals surface area (Å²) in [6, 6.07) is 9.45. The van der Waals surface area contributed by atoms with Crippen LogP contribution < -0.4 is 4.90 Å². The lowest BCUT2D eigenvalue weighted by molar-refractivity contribution is -0.146. The molecule has 2 heterocycles. The Balaban J connectivity index is 1.35. The van der Waals surface area contributed by atoms with E-state index in [2.05, 4.69) is 17.0 Å². The van der Waals surface area contributed by atoms with Gasteiger partial charge in [0.05, 0.1) is 11.8 Å². The second kappa shape index (κ2) is 8.53. The van der Waals surface area contributed by atoms with Gasteiger partial charge in [0.25, 0.3) is 0 Å². The minimum Gasteiger partial charge on any atom is -0.480 e. The van der Waals surface area contributed by atoms with Crippen molar-refractivity contribution in [2.75, 3.05) is 37.6 Å². The smallest absolute Gasteiger partial charge is 0.320 e. The molecule has 7 heteroatoms. The number of amides is 2. The molecule has 4 rings (SSSR count). The number of hydrogen-bond donors (Lipinski definition) is 1. The van der Waals surface area contributed by atoms with Gasteiger partial charge in [0.15, 0.2) is 0 Å². The van der Waals surface area contributed by atoms with Gasteiger partial charge in [-0.25, -0.2) is 0 Å². The van der Waals surface area contributed by atoms with Gasteiger partial charge in [-0.05, 0) is 31.4 Å². The van der Waals surface area contributed by atoms with E-state index in [1.165, 1.54) is 4.90 Å². The SMILES string of the molecule is O=C(O)C(CCN1C(=O)C2CCCCC2C1=O)N1CCN(c2ccccc2)CC1. The predicted octanol–water partition coefficient (Wildman–Crippen LogP) is 1.83. The molecule has 29 heavy (non-hydrogen) atoms. The number of nitrogens with zero attached hydrogens (tertiary/aromatic N) is 3. The Morgan fingerprint density at radius 3 is 2.10 bits per heavy atom. The second-order valence-corrected chi connectivity index (χ2v) is 8.33. The monoisotopic (exact) mass is 399 g/mol. The maximum Gasteiger partial charge on any atom is 0.320 e. The molecule has 1 N–H and O–H groups in total. The first-order chi connectivity index (χ1) is 14.1. The predicted molar refractivity (Wildman–Crippen MR) is 108 cm³/mol. The molecule has 2 amide bonds. The van der Waals surface area contributed by atoms with Crippen LogP contribution in [-0.4, -0.2) is 71.5 Å². The number of anilines is 1. The molecule has 3 unspecified atom stereocenters. The fourth-order valence-corrected chi connectivity index (χ4v) is 5.10. The molecule has 0 radical (unpaired) electrons. The third-order valence-electron chi connectivity index (χ3n) is 6.72. The van der Waals surface area contributed by atoms with E-state index >= 15 is 0 Å². The molecule has 156 valence electrons. The molecule has 0 spiro atoms. The van der Waals surface area contributed by atoms with E-state index < -0.39 is 12.0 Å². The number of benzene rings is 1. The van der Waals surface area contributed by atoms with Crippen LogP contribution in [0.4, 0.5) is 5.69 Å². The highest BCUT2D eigenvalue weighted by Crippen LogP contribution is 2.38. The number of carbonyl (C=O) groups is 3. The Hall–Kier alpha value is -2.41. The van der Waals surface area contributed by atoms with Crippen LogP contribution in [0.1, 0.15) is 32.1 Å². The van der Waals surface area contributed by atoms with E-state index in [9.17, 15) is 19.5 Å². The lowest BCUT2D eigenvalue weighted by Crippen LogP contribution is -2.53. The number of imide groups is 1. The van der Waals surface area contributed by atoms with Crippen molar-refractivity contribution in [3.8, 4) is 0 Å². The lowest BCUT2D eigenvalue weighted by Gasteiger charge is -2.39. The van der Waals surface area contributed by atoms with E-state index in [-0.39, 0.29) is 36.6 Å². The number of rotatable bonds is 6. The number of para-hydroxylation sites is 1. The Morgan fingerprint density at radius 2 is 1.55 bits per heavy atom. The molecule has 1 aliphatic carbocycles. The van der Waals surface area contributed by atoms with Crippen molar-refractivity contribution < 1.29 is 19.5 Å². The average Bonchev–Trinajstić information content (AvgIpc) is 3.00. The Bertz CT molecular complexity index is 737. The van der Waals surface area contributed by atoms with Gasteiger partial charge >= 0.3 is 5.97 Å². The lowest BCUT2D eigenvalue weighted by atomic mass is 9.81.